The number of aromatic nitrogens is 3. The predicted molar refractivity (Wildman–Crippen MR) is 114 cm³/mol. The minimum atomic E-state index is -0.258. The van der Waals surface area contributed by atoms with Crippen LogP contribution in [0.25, 0.3) is 11.0 Å². The first-order valence-electron chi connectivity index (χ1n) is 9.08. The maximum Gasteiger partial charge on any atom is 0.256 e. The van der Waals surface area contributed by atoms with Crippen LogP contribution >= 0.6 is 11.6 Å². The molecule has 4 rings (SSSR count). The number of para-hydroxylation sites is 3. The Morgan fingerprint density at radius 1 is 1.07 bits per heavy atom. The molecule has 4 aromatic rings. The highest BCUT2D eigenvalue weighted by molar-refractivity contribution is 6.32. The molecule has 7 heteroatoms. The Labute approximate surface area is 173 Å². The van der Waals surface area contributed by atoms with Crippen molar-refractivity contribution in [1.82, 2.24) is 14.8 Å². The van der Waals surface area contributed by atoms with Crippen molar-refractivity contribution in [2.24, 2.45) is 7.05 Å². The molecule has 2 aromatic heterocycles. The lowest BCUT2D eigenvalue weighted by molar-refractivity contribution is 0.102. The van der Waals surface area contributed by atoms with Crippen molar-refractivity contribution in [3.63, 3.8) is 0 Å². The quantitative estimate of drug-likeness (QED) is 0.500. The molecule has 1 amide bonds. The lowest BCUT2D eigenvalue weighted by Crippen LogP contribution is -2.14. The lowest BCUT2D eigenvalue weighted by Gasteiger charge is -2.13. The Kier molecular flexibility index (Phi) is 4.94. The summed E-state index contributed by atoms with van der Waals surface area (Å²) in [5, 5.41) is 8.58. The Bertz CT molecular complexity index is 1230. The molecule has 0 bridgehead atoms. The third kappa shape index (κ3) is 3.67. The van der Waals surface area contributed by atoms with Gasteiger partial charge in [-0.1, -0.05) is 35.9 Å². The molecule has 6 nitrogen and oxygen atoms in total. The van der Waals surface area contributed by atoms with Crippen molar-refractivity contribution in [3.8, 4) is 11.5 Å². The van der Waals surface area contributed by atoms with Crippen LogP contribution in [0.4, 0.5) is 5.69 Å². The zero-order valence-corrected chi connectivity index (χ0v) is 17.0. The van der Waals surface area contributed by atoms with Crippen molar-refractivity contribution >= 4 is 34.2 Å². The van der Waals surface area contributed by atoms with Crippen molar-refractivity contribution < 1.29 is 9.53 Å². The molecule has 0 saturated heterocycles. The first kappa shape index (κ1) is 19.0. The van der Waals surface area contributed by atoms with Gasteiger partial charge in [0, 0.05) is 12.7 Å². The van der Waals surface area contributed by atoms with Gasteiger partial charge in [-0.05, 0) is 44.2 Å². The van der Waals surface area contributed by atoms with E-state index in [2.05, 4.69) is 15.4 Å². The third-order valence-corrected chi connectivity index (χ3v) is 4.85. The van der Waals surface area contributed by atoms with Crippen molar-refractivity contribution in [2.45, 2.75) is 13.8 Å². The molecule has 0 aliphatic rings. The van der Waals surface area contributed by atoms with Gasteiger partial charge in [0.15, 0.2) is 11.4 Å². The summed E-state index contributed by atoms with van der Waals surface area (Å²) in [7, 11) is 1.82. The first-order chi connectivity index (χ1) is 13.9. The Balaban J connectivity index is 1.70. The summed E-state index contributed by atoms with van der Waals surface area (Å²) in [6, 6.07) is 16.2. The van der Waals surface area contributed by atoms with Crippen LogP contribution in [0.1, 0.15) is 21.7 Å². The maximum atomic E-state index is 13.2. The first-order valence-corrected chi connectivity index (χ1v) is 9.45. The number of fused-ring (bicyclic) bond motifs is 1. The van der Waals surface area contributed by atoms with Gasteiger partial charge in [0.1, 0.15) is 5.75 Å². The molecule has 146 valence electrons. The average Bonchev–Trinajstić information content (AvgIpc) is 2.98. The summed E-state index contributed by atoms with van der Waals surface area (Å²) in [5.74, 6) is 0.756. The molecule has 29 heavy (non-hydrogen) atoms. The molecular formula is C22H19ClN4O2. The molecule has 2 aromatic carbocycles. The summed E-state index contributed by atoms with van der Waals surface area (Å²) in [6.45, 7) is 3.72. The number of amides is 1. The number of carbonyl (C=O) groups excluding carboxylic acids is 1. The van der Waals surface area contributed by atoms with Gasteiger partial charge in [-0.15, -0.1) is 0 Å². The number of halogens is 1. The number of rotatable bonds is 4. The fraction of sp³-hybridized carbons (Fsp3) is 0.136. The van der Waals surface area contributed by atoms with E-state index in [1.54, 1.807) is 35.0 Å². The molecule has 0 radical (unpaired) electrons. The Morgan fingerprint density at radius 3 is 2.52 bits per heavy atom. The number of nitrogens with one attached hydrogen (secondary N) is 1. The smallest absolute Gasteiger partial charge is 0.256 e. The molecule has 0 saturated carbocycles. The number of ether oxygens (including phenoxy) is 1. The van der Waals surface area contributed by atoms with E-state index in [0.29, 0.717) is 33.4 Å². The summed E-state index contributed by atoms with van der Waals surface area (Å²) in [6.07, 6.45) is 0. The SMILES string of the molecule is Cc1cc(C(=O)Nc2ccccc2Oc2ccccc2Cl)c2c(C)nn(C)c2n1. The molecule has 0 spiro atoms. The topological polar surface area (TPSA) is 69.0 Å². The molecule has 0 fully saturated rings. The van der Waals surface area contributed by atoms with E-state index >= 15 is 0 Å². The van der Waals surface area contributed by atoms with E-state index in [-0.39, 0.29) is 5.91 Å². The second-order valence-corrected chi connectivity index (χ2v) is 7.11. The van der Waals surface area contributed by atoms with Gasteiger partial charge in [0.2, 0.25) is 0 Å². The second-order valence-electron chi connectivity index (χ2n) is 6.70. The molecule has 1 N–H and O–H groups in total. The standard InChI is InChI=1S/C22H19ClN4O2/c1-13-12-15(20-14(2)26-27(3)21(20)24-13)22(28)25-17-9-5-7-11-19(17)29-18-10-6-4-8-16(18)23/h4-12H,1-3H3,(H,25,28). The number of aryl methyl sites for hydroxylation is 3. The van der Waals surface area contributed by atoms with Gasteiger partial charge in [-0.2, -0.15) is 5.10 Å². The summed E-state index contributed by atoms with van der Waals surface area (Å²) < 4.78 is 7.62. The third-order valence-electron chi connectivity index (χ3n) is 4.53. The molecule has 0 aliphatic carbocycles. The van der Waals surface area contributed by atoms with Crippen molar-refractivity contribution in [1.29, 1.82) is 0 Å². The zero-order chi connectivity index (χ0) is 20.5. The fourth-order valence-electron chi connectivity index (χ4n) is 3.24. The largest absolute Gasteiger partial charge is 0.454 e. The van der Waals surface area contributed by atoms with E-state index < -0.39 is 0 Å². The van der Waals surface area contributed by atoms with Gasteiger partial charge in [0.05, 0.1) is 27.4 Å². The minimum absolute atomic E-state index is 0.258. The molecule has 0 unspecified atom stereocenters. The molecule has 0 atom stereocenters. The van der Waals surface area contributed by atoms with E-state index in [1.807, 2.05) is 45.2 Å². The van der Waals surface area contributed by atoms with E-state index in [0.717, 1.165) is 16.8 Å². The summed E-state index contributed by atoms with van der Waals surface area (Å²) in [5.41, 5.74) is 3.23. The number of hydrogen-bond acceptors (Lipinski definition) is 4. The minimum Gasteiger partial charge on any atom is -0.454 e. The van der Waals surface area contributed by atoms with E-state index in [9.17, 15) is 4.79 Å². The number of benzene rings is 2. The highest BCUT2D eigenvalue weighted by Crippen LogP contribution is 2.34. The zero-order valence-electron chi connectivity index (χ0n) is 16.2. The van der Waals surface area contributed by atoms with E-state index in [4.69, 9.17) is 16.3 Å². The highest BCUT2D eigenvalue weighted by Gasteiger charge is 2.19. The molecule has 2 heterocycles. The Morgan fingerprint density at radius 2 is 1.76 bits per heavy atom. The highest BCUT2D eigenvalue weighted by atomic mass is 35.5. The number of anilines is 1. The van der Waals surface area contributed by atoms with Crippen LogP contribution < -0.4 is 10.1 Å². The van der Waals surface area contributed by atoms with Crippen LogP contribution in [-0.4, -0.2) is 20.7 Å². The number of pyridine rings is 1. The maximum absolute atomic E-state index is 13.2. The summed E-state index contributed by atoms with van der Waals surface area (Å²) >= 11 is 6.20. The van der Waals surface area contributed by atoms with Gasteiger partial charge in [0.25, 0.3) is 5.91 Å². The average molecular weight is 407 g/mol. The lowest BCUT2D eigenvalue weighted by atomic mass is 10.1. The Hall–Kier alpha value is -3.38. The van der Waals surface area contributed by atoms with Crippen LogP contribution in [0, 0.1) is 13.8 Å². The number of carbonyl (C=O) groups is 1. The van der Waals surface area contributed by atoms with Crippen LogP contribution in [0.3, 0.4) is 0 Å². The van der Waals surface area contributed by atoms with Gasteiger partial charge in [-0.3, -0.25) is 9.48 Å². The number of hydrogen-bond donors (Lipinski definition) is 1. The van der Waals surface area contributed by atoms with Crippen molar-refractivity contribution in [3.05, 3.63) is 76.6 Å². The summed E-state index contributed by atoms with van der Waals surface area (Å²) in [4.78, 5) is 17.7. The van der Waals surface area contributed by atoms with Gasteiger partial charge >= 0.3 is 0 Å². The van der Waals surface area contributed by atoms with Crippen LogP contribution in [0.2, 0.25) is 5.02 Å². The van der Waals surface area contributed by atoms with Gasteiger partial charge < -0.3 is 10.1 Å². The van der Waals surface area contributed by atoms with E-state index in [1.165, 1.54) is 0 Å². The monoisotopic (exact) mass is 406 g/mol. The second kappa shape index (κ2) is 7.56. The number of nitrogens with zero attached hydrogens (tertiary/aromatic N) is 3. The predicted octanol–water partition coefficient (Wildman–Crippen LogP) is 5.28. The molecule has 0 aliphatic heterocycles. The van der Waals surface area contributed by atoms with Crippen LogP contribution in [-0.2, 0) is 7.05 Å². The van der Waals surface area contributed by atoms with Crippen LogP contribution in [0.15, 0.2) is 54.6 Å². The van der Waals surface area contributed by atoms with Gasteiger partial charge in [-0.25, -0.2) is 4.98 Å². The van der Waals surface area contributed by atoms with Crippen molar-refractivity contribution in [2.75, 3.05) is 5.32 Å². The normalized spacial score (nSPS) is 10.9. The molecular weight excluding hydrogens is 388 g/mol. The fourth-order valence-corrected chi connectivity index (χ4v) is 3.42. The van der Waals surface area contributed by atoms with Crippen LogP contribution in [0.5, 0.6) is 11.5 Å².